The topological polar surface area (TPSA) is 39.2 Å². The number of benzene rings is 4. The third-order valence-electron chi connectivity index (χ3n) is 4.10. The van der Waals surface area contributed by atoms with Crippen LogP contribution in [-0.2, 0) is 0 Å². The van der Waals surface area contributed by atoms with Crippen molar-refractivity contribution < 1.29 is 25.3 Å². The van der Waals surface area contributed by atoms with Crippen LogP contribution in [0.3, 0.4) is 0 Å². The first-order valence-electron chi connectivity index (χ1n) is 13.7. The molecular weight excluding hydrogens is 402 g/mol. The highest BCUT2D eigenvalue weighted by molar-refractivity contribution is 9.10. The number of aromatic nitrogens is 1. The van der Waals surface area contributed by atoms with Crippen LogP contribution < -0.4 is 0 Å². The molecule has 128 valence electrons. The van der Waals surface area contributed by atoms with Crippen molar-refractivity contribution in [3.63, 3.8) is 0 Å². The van der Waals surface area contributed by atoms with E-state index in [2.05, 4.69) is 20.9 Å². The Morgan fingerprint density at radius 2 is 1.59 bits per heavy atom. The van der Waals surface area contributed by atoms with Crippen molar-refractivity contribution >= 4 is 59.7 Å². The Morgan fingerprint density at radius 3 is 2.48 bits per heavy atom. The molecule has 27 heavy (non-hydrogen) atoms. The van der Waals surface area contributed by atoms with Crippen LogP contribution in [0.1, 0.15) is 16.4 Å². The Bertz CT molecular complexity index is 2090. The van der Waals surface area contributed by atoms with Crippen molar-refractivity contribution in [1.82, 2.24) is 4.98 Å². The first-order chi connectivity index (χ1) is 18.3. The zero-order valence-corrected chi connectivity index (χ0v) is 14.7. The predicted octanol–water partition coefficient (Wildman–Crippen LogP) is 7.31. The first kappa shape index (κ1) is 7.49. The van der Waals surface area contributed by atoms with Gasteiger partial charge in [-0.1, -0.05) is 46.1 Å². The Morgan fingerprint density at radius 1 is 0.815 bits per heavy atom. The second-order valence-corrected chi connectivity index (χ2v) is 6.44. The van der Waals surface area contributed by atoms with Crippen LogP contribution in [-0.4, -0.2) is 4.98 Å². The van der Waals surface area contributed by atoms with E-state index in [0.29, 0.717) is 0 Å². The van der Waals surface area contributed by atoms with Gasteiger partial charge < -0.3 is 8.83 Å². The van der Waals surface area contributed by atoms with Gasteiger partial charge in [-0.25, -0.2) is 4.98 Å². The van der Waals surface area contributed by atoms with Gasteiger partial charge in [-0.05, 0) is 53.1 Å². The lowest BCUT2D eigenvalue weighted by Crippen LogP contribution is -1.76. The summed E-state index contributed by atoms with van der Waals surface area (Å²) in [5.41, 5.74) is -1.15. The third kappa shape index (κ3) is 2.17. The summed E-state index contributed by atoms with van der Waals surface area (Å²) in [5, 5.41) is -0.143. The number of hydrogen-bond donors (Lipinski definition) is 0. The molecule has 2 aromatic heterocycles. The maximum absolute atomic E-state index is 8.68. The Kier molecular flexibility index (Phi) is 1.51. The molecule has 0 spiro atoms. The molecule has 0 amide bonds. The Balaban J connectivity index is 1.90. The second-order valence-electron chi connectivity index (χ2n) is 5.65. The van der Waals surface area contributed by atoms with Gasteiger partial charge in [0.1, 0.15) is 16.7 Å². The SMILES string of the molecule is [2H]c1c([2H])c([2H])c(-c2nc3c([2H])c([2H])c4oc5c([2H])c([2H])c6c([2H])c([2H])c(Br)c([2H])c6c5c4c3o2)c([2H])c1[2H]. The number of oxazole rings is 1. The smallest absolute Gasteiger partial charge is 0.227 e. The standard InChI is InChI=1S/C23H12BrNO2/c24-15-8-6-13-7-10-18-20(16(13)12-15)21-19(26-18)11-9-17-22(21)27-23(25-17)14-4-2-1-3-5-14/h1-12H/i1D,2D,3D,4D,5D,6D,7D,8D,9D,10D,11D,12D. The molecule has 0 aliphatic carbocycles. The summed E-state index contributed by atoms with van der Waals surface area (Å²) in [6.45, 7) is 0. The monoisotopic (exact) mass is 425 g/mol. The van der Waals surface area contributed by atoms with Gasteiger partial charge in [0.15, 0.2) is 5.58 Å². The molecule has 0 saturated heterocycles. The number of rotatable bonds is 1. The van der Waals surface area contributed by atoms with E-state index in [1.165, 1.54) is 0 Å². The van der Waals surface area contributed by atoms with Gasteiger partial charge in [0, 0.05) is 15.4 Å². The third-order valence-corrected chi connectivity index (χ3v) is 4.50. The molecule has 0 aliphatic rings. The number of nitrogens with zero attached hydrogens (tertiary/aromatic N) is 1. The van der Waals surface area contributed by atoms with Crippen molar-refractivity contribution in [3.8, 4) is 11.5 Å². The van der Waals surface area contributed by atoms with Gasteiger partial charge in [-0.15, -0.1) is 0 Å². The number of fused-ring (bicyclic) bond motifs is 7. The molecule has 0 N–H and O–H groups in total. The molecular formula is C23H12BrNO2. The van der Waals surface area contributed by atoms with Crippen LogP contribution in [0.25, 0.3) is 55.3 Å². The minimum absolute atomic E-state index is 0.00291. The summed E-state index contributed by atoms with van der Waals surface area (Å²) in [5.74, 6) is -0.411. The van der Waals surface area contributed by atoms with Gasteiger partial charge in [-0.2, -0.15) is 0 Å². The van der Waals surface area contributed by atoms with Crippen LogP contribution in [0.15, 0.2) is 85.8 Å². The summed E-state index contributed by atoms with van der Waals surface area (Å²) < 4.78 is 111. The quantitative estimate of drug-likeness (QED) is 0.277. The summed E-state index contributed by atoms with van der Waals surface area (Å²) in [4.78, 5) is 4.21. The molecule has 0 atom stereocenters. The van der Waals surface area contributed by atoms with E-state index in [-0.39, 0.29) is 65.9 Å². The first-order valence-corrected chi connectivity index (χ1v) is 8.50. The normalized spacial score (nSPS) is 18.1. The van der Waals surface area contributed by atoms with Crippen molar-refractivity contribution in [2.24, 2.45) is 0 Å². The molecule has 0 aliphatic heterocycles. The molecule has 2 heterocycles. The van der Waals surface area contributed by atoms with Crippen LogP contribution in [0, 0.1) is 0 Å². The zero-order chi connectivity index (χ0) is 28.4. The molecule has 0 saturated carbocycles. The molecule has 0 bridgehead atoms. The maximum Gasteiger partial charge on any atom is 0.227 e. The molecule has 3 nitrogen and oxygen atoms in total. The van der Waals surface area contributed by atoms with Crippen LogP contribution in [0.4, 0.5) is 0 Å². The zero-order valence-electron chi connectivity index (χ0n) is 25.1. The molecule has 0 unspecified atom stereocenters. The lowest BCUT2D eigenvalue weighted by atomic mass is 10.0. The fraction of sp³-hybridized carbons (Fsp3) is 0. The average Bonchev–Trinajstić information content (AvgIpc) is 3.52. The lowest BCUT2D eigenvalue weighted by Gasteiger charge is -2.00. The summed E-state index contributed by atoms with van der Waals surface area (Å²) in [6, 6.07) is -5.89. The summed E-state index contributed by atoms with van der Waals surface area (Å²) >= 11 is 3.15. The van der Waals surface area contributed by atoms with Gasteiger partial charge in [0.05, 0.1) is 21.8 Å². The van der Waals surface area contributed by atoms with E-state index in [0.717, 1.165) is 0 Å². The van der Waals surface area contributed by atoms with E-state index < -0.39 is 66.3 Å². The van der Waals surface area contributed by atoms with Crippen molar-refractivity contribution in [2.75, 3.05) is 0 Å². The molecule has 4 aromatic carbocycles. The Labute approximate surface area is 179 Å². The number of furan rings is 1. The lowest BCUT2D eigenvalue weighted by molar-refractivity contribution is 0.622. The number of hydrogen-bond acceptors (Lipinski definition) is 3. The fourth-order valence-electron chi connectivity index (χ4n) is 3.00. The van der Waals surface area contributed by atoms with E-state index in [1.54, 1.807) is 0 Å². The van der Waals surface area contributed by atoms with Gasteiger partial charge in [0.2, 0.25) is 5.89 Å². The molecule has 6 aromatic rings. The van der Waals surface area contributed by atoms with Gasteiger partial charge >= 0.3 is 0 Å². The molecule has 4 heteroatoms. The fourth-order valence-corrected chi connectivity index (χ4v) is 3.30. The van der Waals surface area contributed by atoms with Crippen molar-refractivity contribution in [1.29, 1.82) is 0 Å². The van der Waals surface area contributed by atoms with E-state index in [1.807, 2.05) is 0 Å². The second kappa shape index (κ2) is 5.44. The summed E-state index contributed by atoms with van der Waals surface area (Å²) in [6.07, 6.45) is 0. The highest BCUT2D eigenvalue weighted by atomic mass is 79.9. The minimum atomic E-state index is -0.620. The van der Waals surface area contributed by atoms with Crippen LogP contribution >= 0.6 is 15.9 Å². The van der Waals surface area contributed by atoms with Crippen molar-refractivity contribution in [3.05, 3.63) is 77.0 Å². The number of halogens is 1. The van der Waals surface area contributed by atoms with Crippen LogP contribution in [0.2, 0.25) is 0 Å². The highest BCUT2D eigenvalue weighted by Crippen LogP contribution is 2.40. The average molecular weight is 426 g/mol. The van der Waals surface area contributed by atoms with Crippen molar-refractivity contribution in [2.45, 2.75) is 0 Å². The van der Waals surface area contributed by atoms with Gasteiger partial charge in [0.25, 0.3) is 0 Å². The molecule has 6 rings (SSSR count). The molecule has 0 fully saturated rings. The highest BCUT2D eigenvalue weighted by Gasteiger charge is 2.18. The minimum Gasteiger partial charge on any atom is -0.456 e. The largest absolute Gasteiger partial charge is 0.456 e. The van der Waals surface area contributed by atoms with Crippen LogP contribution in [0.5, 0.6) is 0 Å². The maximum atomic E-state index is 8.68. The predicted molar refractivity (Wildman–Crippen MR) is 112 cm³/mol. The van der Waals surface area contributed by atoms with E-state index in [4.69, 9.17) is 25.3 Å². The van der Waals surface area contributed by atoms with Gasteiger partial charge in [-0.3, -0.25) is 0 Å². The van der Waals surface area contributed by atoms with E-state index >= 15 is 0 Å². The van der Waals surface area contributed by atoms with E-state index in [9.17, 15) is 0 Å². The Hall–Kier alpha value is -3.11. The summed E-state index contributed by atoms with van der Waals surface area (Å²) in [7, 11) is 0. The molecule has 0 radical (unpaired) electrons.